The van der Waals surface area contributed by atoms with Gasteiger partial charge in [0, 0.05) is 38.9 Å². The fraction of sp³-hybridized carbons (Fsp3) is 0.625. The Bertz CT molecular complexity index is 559. The van der Waals surface area contributed by atoms with Crippen molar-refractivity contribution in [2.75, 3.05) is 19.6 Å². The molecular formula is C16H25N3O3. The van der Waals surface area contributed by atoms with Crippen LogP contribution < -0.4 is 0 Å². The van der Waals surface area contributed by atoms with E-state index < -0.39 is 5.60 Å². The number of hydrogen-bond donors (Lipinski definition) is 0. The number of hydrogen-bond acceptors (Lipinski definition) is 3. The van der Waals surface area contributed by atoms with Crippen LogP contribution in [0.1, 0.15) is 38.2 Å². The Morgan fingerprint density at radius 3 is 2.45 bits per heavy atom. The average Bonchev–Trinajstić information content (AvgIpc) is 2.81. The Kier molecular flexibility index (Phi) is 4.49. The molecule has 2 amide bonds. The number of nitrogens with zero attached hydrogens (tertiary/aromatic N) is 3. The van der Waals surface area contributed by atoms with Gasteiger partial charge in [-0.3, -0.25) is 4.79 Å². The van der Waals surface area contributed by atoms with E-state index in [-0.39, 0.29) is 18.0 Å². The van der Waals surface area contributed by atoms with Crippen LogP contribution in [0, 0.1) is 0 Å². The molecule has 0 saturated carbocycles. The van der Waals surface area contributed by atoms with E-state index in [1.807, 2.05) is 57.6 Å². The van der Waals surface area contributed by atoms with Crippen LogP contribution in [-0.4, -0.2) is 57.6 Å². The van der Waals surface area contributed by atoms with Crippen LogP contribution >= 0.6 is 0 Å². The normalized spacial score (nSPS) is 19.2. The molecule has 1 saturated heterocycles. The van der Waals surface area contributed by atoms with Crippen LogP contribution in [0.25, 0.3) is 0 Å². The smallest absolute Gasteiger partial charge is 0.410 e. The maximum Gasteiger partial charge on any atom is 0.410 e. The van der Waals surface area contributed by atoms with Gasteiger partial charge in [-0.25, -0.2) is 4.79 Å². The van der Waals surface area contributed by atoms with Crippen molar-refractivity contribution in [3.05, 3.63) is 24.0 Å². The molecule has 0 unspecified atom stereocenters. The van der Waals surface area contributed by atoms with E-state index in [2.05, 4.69) is 0 Å². The topological polar surface area (TPSA) is 54.8 Å². The van der Waals surface area contributed by atoms with Gasteiger partial charge in [-0.1, -0.05) is 0 Å². The van der Waals surface area contributed by atoms with E-state index in [0.717, 1.165) is 0 Å². The molecule has 0 aliphatic carbocycles. The first kappa shape index (κ1) is 16.4. The fourth-order valence-corrected chi connectivity index (χ4v) is 2.58. The first-order chi connectivity index (χ1) is 10.2. The van der Waals surface area contributed by atoms with Crippen LogP contribution in [0.15, 0.2) is 18.3 Å². The van der Waals surface area contributed by atoms with Gasteiger partial charge < -0.3 is 19.1 Å². The van der Waals surface area contributed by atoms with Gasteiger partial charge in [0.05, 0.1) is 0 Å². The summed E-state index contributed by atoms with van der Waals surface area (Å²) in [6.07, 6.45) is 1.54. The van der Waals surface area contributed by atoms with Gasteiger partial charge in [0.2, 0.25) is 0 Å². The predicted molar refractivity (Wildman–Crippen MR) is 83.7 cm³/mol. The second-order valence-corrected chi connectivity index (χ2v) is 6.78. The molecule has 0 bridgehead atoms. The average molecular weight is 307 g/mol. The van der Waals surface area contributed by atoms with Crippen molar-refractivity contribution in [3.8, 4) is 0 Å². The van der Waals surface area contributed by atoms with Crippen LogP contribution in [0.5, 0.6) is 0 Å². The van der Waals surface area contributed by atoms with E-state index in [9.17, 15) is 9.59 Å². The molecule has 2 heterocycles. The molecule has 0 N–H and O–H groups in total. The van der Waals surface area contributed by atoms with Crippen molar-refractivity contribution in [1.82, 2.24) is 14.4 Å². The van der Waals surface area contributed by atoms with Gasteiger partial charge in [-0.2, -0.15) is 0 Å². The lowest BCUT2D eigenvalue weighted by molar-refractivity contribution is 0.00184. The molecule has 0 radical (unpaired) electrons. The first-order valence-corrected chi connectivity index (χ1v) is 7.59. The van der Waals surface area contributed by atoms with Crippen LogP contribution in [0.3, 0.4) is 0 Å². The predicted octanol–water partition coefficient (Wildman–Crippen LogP) is 2.11. The van der Waals surface area contributed by atoms with Crippen LogP contribution in [-0.2, 0) is 11.8 Å². The molecule has 1 aliphatic heterocycles. The summed E-state index contributed by atoms with van der Waals surface area (Å²) in [6, 6.07) is 3.61. The van der Waals surface area contributed by atoms with Crippen molar-refractivity contribution < 1.29 is 14.3 Å². The van der Waals surface area contributed by atoms with E-state index in [1.165, 1.54) is 0 Å². The lowest BCUT2D eigenvalue weighted by atomic mass is 10.2. The van der Waals surface area contributed by atoms with Crippen molar-refractivity contribution in [2.24, 2.45) is 7.05 Å². The summed E-state index contributed by atoms with van der Waals surface area (Å²) in [6.45, 7) is 9.03. The highest BCUT2D eigenvalue weighted by Crippen LogP contribution is 2.17. The number of aromatic nitrogens is 1. The third-order valence-electron chi connectivity index (χ3n) is 3.71. The zero-order valence-corrected chi connectivity index (χ0v) is 14.0. The highest BCUT2D eigenvalue weighted by Gasteiger charge is 2.33. The quantitative estimate of drug-likeness (QED) is 0.798. The van der Waals surface area contributed by atoms with E-state index >= 15 is 0 Å². The molecule has 1 aromatic rings. The van der Waals surface area contributed by atoms with Gasteiger partial charge in [0.25, 0.3) is 5.91 Å². The van der Waals surface area contributed by atoms with Gasteiger partial charge in [-0.15, -0.1) is 0 Å². The number of carbonyl (C=O) groups is 2. The summed E-state index contributed by atoms with van der Waals surface area (Å²) in [5.41, 5.74) is 0.158. The third kappa shape index (κ3) is 3.61. The maximum atomic E-state index is 12.5. The summed E-state index contributed by atoms with van der Waals surface area (Å²) in [4.78, 5) is 28.2. The summed E-state index contributed by atoms with van der Waals surface area (Å²) in [7, 11) is 1.85. The van der Waals surface area contributed by atoms with E-state index in [0.29, 0.717) is 25.3 Å². The molecule has 0 spiro atoms. The first-order valence-electron chi connectivity index (χ1n) is 7.59. The molecule has 1 fully saturated rings. The molecule has 122 valence electrons. The van der Waals surface area contributed by atoms with Gasteiger partial charge in [0.15, 0.2) is 0 Å². The number of rotatable bonds is 1. The highest BCUT2D eigenvalue weighted by molar-refractivity contribution is 5.93. The summed E-state index contributed by atoms with van der Waals surface area (Å²) in [5.74, 6) is 0.00295. The van der Waals surface area contributed by atoms with Crippen molar-refractivity contribution in [1.29, 1.82) is 0 Å². The largest absolute Gasteiger partial charge is 0.444 e. The zero-order valence-electron chi connectivity index (χ0n) is 14.0. The second kappa shape index (κ2) is 6.02. The standard InChI is InChI=1S/C16H25N3O3/c1-12-11-18(14(20)13-7-6-8-17(13)5)9-10-19(12)15(21)22-16(2,3)4/h6-8,12H,9-11H2,1-5H3/t12-/m1/s1. The molecule has 1 atom stereocenters. The molecular weight excluding hydrogens is 282 g/mol. The fourth-order valence-electron chi connectivity index (χ4n) is 2.58. The number of piperazine rings is 1. The number of ether oxygens (including phenoxy) is 1. The second-order valence-electron chi connectivity index (χ2n) is 6.78. The Hall–Kier alpha value is -1.98. The Balaban J connectivity index is 2.00. The maximum absolute atomic E-state index is 12.5. The van der Waals surface area contributed by atoms with E-state index in [4.69, 9.17) is 4.74 Å². The van der Waals surface area contributed by atoms with Crippen molar-refractivity contribution >= 4 is 12.0 Å². The molecule has 1 aromatic heterocycles. The SMILES string of the molecule is C[C@@H]1CN(C(=O)c2cccn2C)CCN1C(=O)OC(C)(C)C. The third-order valence-corrected chi connectivity index (χ3v) is 3.71. The Labute approximate surface area is 131 Å². The monoisotopic (exact) mass is 307 g/mol. The minimum absolute atomic E-state index is 0.00295. The van der Waals surface area contributed by atoms with Gasteiger partial charge in [-0.05, 0) is 39.8 Å². The zero-order chi connectivity index (χ0) is 16.5. The number of aryl methyl sites for hydroxylation is 1. The summed E-state index contributed by atoms with van der Waals surface area (Å²) < 4.78 is 7.23. The lowest BCUT2D eigenvalue weighted by Gasteiger charge is -2.40. The van der Waals surface area contributed by atoms with Crippen LogP contribution in [0.2, 0.25) is 0 Å². The van der Waals surface area contributed by atoms with Crippen LogP contribution in [0.4, 0.5) is 4.79 Å². The summed E-state index contributed by atoms with van der Waals surface area (Å²) in [5, 5.41) is 0. The van der Waals surface area contributed by atoms with Crippen molar-refractivity contribution in [3.63, 3.8) is 0 Å². The minimum Gasteiger partial charge on any atom is -0.444 e. The lowest BCUT2D eigenvalue weighted by Crippen LogP contribution is -2.56. The van der Waals surface area contributed by atoms with Crippen molar-refractivity contribution in [2.45, 2.75) is 39.3 Å². The molecule has 6 nitrogen and oxygen atoms in total. The molecule has 1 aliphatic rings. The van der Waals surface area contributed by atoms with E-state index in [1.54, 1.807) is 9.80 Å². The molecule has 0 aromatic carbocycles. The van der Waals surface area contributed by atoms with Gasteiger partial charge >= 0.3 is 6.09 Å². The minimum atomic E-state index is -0.507. The Morgan fingerprint density at radius 1 is 1.27 bits per heavy atom. The highest BCUT2D eigenvalue weighted by atomic mass is 16.6. The number of amides is 2. The van der Waals surface area contributed by atoms with Gasteiger partial charge in [0.1, 0.15) is 11.3 Å². The Morgan fingerprint density at radius 2 is 1.95 bits per heavy atom. The molecule has 6 heteroatoms. The molecule has 22 heavy (non-hydrogen) atoms. The molecule has 2 rings (SSSR count). The summed E-state index contributed by atoms with van der Waals surface area (Å²) >= 11 is 0. The number of carbonyl (C=O) groups excluding carboxylic acids is 2.